The molecule has 0 amide bonds. The fraction of sp³-hybridized carbons (Fsp3) is 0.125. The third-order valence-corrected chi connectivity index (χ3v) is 1.14. The monoisotopic (exact) mass is 177 g/mol. The van der Waals surface area contributed by atoms with Crippen LogP contribution in [0.3, 0.4) is 0 Å². The Bertz CT molecular complexity index is 203. The van der Waals surface area contributed by atoms with Crippen LogP contribution in [0, 0.1) is 20.4 Å². The van der Waals surface area contributed by atoms with Crippen molar-refractivity contribution >= 4 is 0 Å². The van der Waals surface area contributed by atoms with Gasteiger partial charge < -0.3 is 17.6 Å². The van der Waals surface area contributed by atoms with Crippen LogP contribution in [0.25, 0.3) is 0 Å². The molecule has 0 aliphatic carbocycles. The molecule has 0 radical (unpaired) electrons. The fourth-order valence-electron chi connectivity index (χ4n) is 0.585. The first-order valence-corrected chi connectivity index (χ1v) is 2.61. The molecule has 11 heavy (non-hydrogen) atoms. The van der Waals surface area contributed by atoms with Gasteiger partial charge in [-0.1, -0.05) is 6.92 Å². The van der Waals surface area contributed by atoms with Crippen molar-refractivity contribution in [3.8, 4) is 11.5 Å². The van der Waals surface area contributed by atoms with Crippen LogP contribution in [-0.2, 0) is 0 Å². The Balaban J connectivity index is 0. The van der Waals surface area contributed by atoms with Crippen LogP contribution in [0.5, 0.6) is 11.5 Å². The quantitative estimate of drug-likeness (QED) is 0.292. The minimum atomic E-state index is -0.0914. The van der Waals surface area contributed by atoms with Gasteiger partial charge in [0.25, 0.3) is 0 Å². The Hall–Kier alpha value is 0.456. The normalized spacial score (nSPS) is 7.73. The second-order valence-electron chi connectivity index (χ2n) is 1.84. The van der Waals surface area contributed by atoms with Gasteiger partial charge in [0.2, 0.25) is 0 Å². The van der Waals surface area contributed by atoms with E-state index in [4.69, 9.17) is 10.2 Å². The van der Waals surface area contributed by atoms with E-state index in [0.717, 1.165) is 0 Å². The zero-order valence-electron chi connectivity index (χ0n) is 7.05. The molecule has 0 aliphatic heterocycles. The summed E-state index contributed by atoms with van der Waals surface area (Å²) in [5.74, 6) is -0.177. The molecule has 0 saturated heterocycles. The van der Waals surface area contributed by atoms with Crippen LogP contribution in [0.2, 0.25) is 0 Å². The fourth-order valence-corrected chi connectivity index (χ4v) is 0.585. The summed E-state index contributed by atoms with van der Waals surface area (Å²) in [6.07, 6.45) is 0. The summed E-state index contributed by atoms with van der Waals surface area (Å²) in [4.78, 5) is 0. The molecule has 0 aromatic heterocycles. The van der Waals surface area contributed by atoms with Gasteiger partial charge in [0.15, 0.2) is 0 Å². The SMILES string of the molecule is Cc1[c-]ccc(O)c1O.[CH3-].[K+]. The molecule has 0 bridgehead atoms. The molecule has 0 saturated carbocycles. The average molecular weight is 177 g/mol. The van der Waals surface area contributed by atoms with Crippen molar-refractivity contribution in [3.63, 3.8) is 0 Å². The second kappa shape index (κ2) is 6.03. The zero-order valence-corrected chi connectivity index (χ0v) is 10.2. The van der Waals surface area contributed by atoms with E-state index in [0.29, 0.717) is 5.56 Å². The molecule has 2 nitrogen and oxygen atoms in total. The second-order valence-corrected chi connectivity index (χ2v) is 1.84. The van der Waals surface area contributed by atoms with E-state index in [1.54, 1.807) is 13.0 Å². The maximum atomic E-state index is 8.93. The summed E-state index contributed by atoms with van der Waals surface area (Å²) in [5, 5.41) is 17.8. The van der Waals surface area contributed by atoms with Crippen molar-refractivity contribution in [1.29, 1.82) is 0 Å². The van der Waals surface area contributed by atoms with Crippen molar-refractivity contribution in [2.24, 2.45) is 0 Å². The van der Waals surface area contributed by atoms with Gasteiger partial charge in [-0.3, -0.25) is 0 Å². The largest absolute Gasteiger partial charge is 1.00 e. The van der Waals surface area contributed by atoms with Crippen molar-refractivity contribution in [3.05, 3.63) is 31.2 Å². The smallest absolute Gasteiger partial charge is 0.562 e. The van der Waals surface area contributed by atoms with Gasteiger partial charge in [-0.25, -0.2) is 0 Å². The van der Waals surface area contributed by atoms with Gasteiger partial charge >= 0.3 is 51.4 Å². The third-order valence-electron chi connectivity index (χ3n) is 1.14. The van der Waals surface area contributed by atoms with Crippen molar-refractivity contribution in [1.82, 2.24) is 0 Å². The van der Waals surface area contributed by atoms with Crippen LogP contribution >= 0.6 is 0 Å². The minimum Gasteiger partial charge on any atom is -0.562 e. The van der Waals surface area contributed by atoms with Crippen LogP contribution in [0.4, 0.5) is 0 Å². The van der Waals surface area contributed by atoms with Gasteiger partial charge in [-0.05, 0) is 0 Å². The molecule has 0 fully saturated rings. The first kappa shape index (κ1) is 14.0. The molecule has 2 N–H and O–H groups in total. The topological polar surface area (TPSA) is 40.5 Å². The van der Waals surface area contributed by atoms with Crippen LogP contribution < -0.4 is 51.4 Å². The van der Waals surface area contributed by atoms with Crippen molar-refractivity contribution in [2.75, 3.05) is 0 Å². The molecule has 1 rings (SSSR count). The van der Waals surface area contributed by atoms with Gasteiger partial charge in [0.05, 0.1) is 0 Å². The van der Waals surface area contributed by atoms with E-state index in [1.807, 2.05) is 0 Å². The average Bonchev–Trinajstić information content (AvgIpc) is 1.83. The van der Waals surface area contributed by atoms with Crippen LogP contribution in [0.1, 0.15) is 5.56 Å². The van der Waals surface area contributed by atoms with Gasteiger partial charge in [-0.15, -0.1) is 11.6 Å². The van der Waals surface area contributed by atoms with Gasteiger partial charge in [0.1, 0.15) is 0 Å². The van der Waals surface area contributed by atoms with E-state index in [1.165, 1.54) is 6.07 Å². The maximum absolute atomic E-state index is 8.93. The number of phenols is 2. The zero-order chi connectivity index (χ0) is 6.85. The van der Waals surface area contributed by atoms with E-state index >= 15 is 0 Å². The Morgan fingerprint density at radius 1 is 1.36 bits per heavy atom. The summed E-state index contributed by atoms with van der Waals surface area (Å²) in [6.45, 7) is 1.68. The number of rotatable bonds is 0. The molecule has 0 atom stereocenters. The molecule has 0 heterocycles. The number of aromatic hydroxyl groups is 2. The first-order valence-electron chi connectivity index (χ1n) is 2.61. The molecular weight excluding hydrogens is 167 g/mol. The molecule has 56 valence electrons. The summed E-state index contributed by atoms with van der Waals surface area (Å²) in [7, 11) is 0. The Kier molecular flexibility index (Phi) is 7.67. The van der Waals surface area contributed by atoms with Gasteiger partial charge in [-0.2, -0.15) is 12.1 Å². The molecule has 0 aliphatic rings. The molecular formula is C8H10KO2-. The number of aryl methyl sites for hydroxylation is 1. The maximum Gasteiger partial charge on any atom is 1.00 e. The van der Waals surface area contributed by atoms with Crippen molar-refractivity contribution < 1.29 is 61.6 Å². The van der Waals surface area contributed by atoms with E-state index in [2.05, 4.69) is 6.07 Å². The van der Waals surface area contributed by atoms with E-state index in [-0.39, 0.29) is 70.3 Å². The summed E-state index contributed by atoms with van der Waals surface area (Å²) < 4.78 is 0. The number of hydrogen-bond donors (Lipinski definition) is 2. The standard InChI is InChI=1S/C7H7O2.CH3.K/c1-5-3-2-4-6(8)7(5)9;;/h2,4,8-9H,1H3;1H3;/q2*-1;+1. The van der Waals surface area contributed by atoms with E-state index in [9.17, 15) is 0 Å². The molecule has 1 aromatic rings. The minimum absolute atomic E-state index is 0. The predicted molar refractivity (Wildman–Crippen MR) is 39.8 cm³/mol. The summed E-state index contributed by atoms with van der Waals surface area (Å²) in [6, 6.07) is 5.68. The predicted octanol–water partition coefficient (Wildman–Crippen LogP) is -1.34. The number of phenolic OH excluding ortho intramolecular Hbond substituents is 2. The van der Waals surface area contributed by atoms with E-state index < -0.39 is 0 Å². The van der Waals surface area contributed by atoms with Crippen LogP contribution in [0.15, 0.2) is 12.1 Å². The van der Waals surface area contributed by atoms with Crippen molar-refractivity contribution in [2.45, 2.75) is 6.92 Å². The molecule has 3 heteroatoms. The summed E-state index contributed by atoms with van der Waals surface area (Å²) in [5.41, 5.74) is 0.565. The summed E-state index contributed by atoms with van der Waals surface area (Å²) >= 11 is 0. The van der Waals surface area contributed by atoms with Gasteiger partial charge in [0, 0.05) is 11.5 Å². The number of hydrogen-bond acceptors (Lipinski definition) is 2. The Morgan fingerprint density at radius 2 is 1.91 bits per heavy atom. The Labute approximate surface area is 110 Å². The molecule has 0 spiro atoms. The number of benzene rings is 1. The Morgan fingerprint density at radius 3 is 2.27 bits per heavy atom. The van der Waals surface area contributed by atoms with Crippen LogP contribution in [-0.4, -0.2) is 10.2 Å². The molecule has 1 aromatic carbocycles. The first-order chi connectivity index (χ1) is 4.22. The third kappa shape index (κ3) is 3.58. The molecule has 0 unspecified atom stereocenters.